The Kier molecular flexibility index (Phi) is 25.3. The van der Waals surface area contributed by atoms with Crippen LogP contribution >= 0.6 is 34.7 Å². The third-order valence-electron chi connectivity index (χ3n) is 21.1. The topological polar surface area (TPSA) is 251 Å². The number of hydrogen-bond acceptors (Lipinski definition) is 17. The van der Waals surface area contributed by atoms with Crippen molar-refractivity contribution in [2.24, 2.45) is 10.8 Å². The minimum absolute atomic E-state index is 0.00445. The summed E-state index contributed by atoms with van der Waals surface area (Å²) in [5, 5.41) is 20.4. The van der Waals surface area contributed by atoms with Crippen molar-refractivity contribution in [3.05, 3.63) is 160 Å². The molecule has 0 bridgehead atoms. The van der Waals surface area contributed by atoms with E-state index < -0.39 is 88.2 Å². The number of rotatable bonds is 29. The molecule has 28 heteroatoms. The van der Waals surface area contributed by atoms with Crippen LogP contribution in [0.25, 0.3) is 16.0 Å². The molecule has 20 nitrogen and oxygen atoms in total. The third kappa shape index (κ3) is 19.4. The number of likely N-dealkylation sites (tertiary alicyclic amines) is 3. The molecule has 0 spiro atoms. The summed E-state index contributed by atoms with van der Waals surface area (Å²) in [5.74, 6) is -1.95. The molecule has 1 aliphatic carbocycles. The summed E-state index contributed by atoms with van der Waals surface area (Å²) in [6.07, 6.45) is 5.46. The molecule has 5 aromatic carbocycles. The number of amides is 5. The number of β-amino-alcohol motifs (C(OH)–C–C–N with tert-alkyl or cyclic N) is 1. The molecule has 4 fully saturated rings. The van der Waals surface area contributed by atoms with Gasteiger partial charge in [-0.1, -0.05) is 119 Å². The SMILES string of the molecule is Cc1ncsc1-c1ccc([C@H](C)NC(=O)[C@@H]2C[C@@H](O)CN2C(=O)[C@@H](NC(=O)CCCCCCC(=O)N2C[C@@H]3C2CN3CC[C@H](CSc2ccccc2)Nc2ccc(S(=O)(=O)NC(=O)c3ccc(N4CCN(CC5=C(c6ccc(Cl)cc6)CCC(C)(C)C5)CC4)cc3)cc2S(=O)(=O)C(F)(F)F)C(C)(C)C)cc1. The summed E-state index contributed by atoms with van der Waals surface area (Å²) in [6.45, 7) is 19.2. The number of halogens is 4. The third-order valence-corrected chi connectivity index (χ3v) is 26.4. The fraction of sp³-hybridized carbons (Fsp3) is 0.487. The zero-order valence-electron chi connectivity index (χ0n) is 61.0. The van der Waals surface area contributed by atoms with Crippen molar-refractivity contribution in [2.45, 2.75) is 182 Å². The van der Waals surface area contributed by atoms with E-state index in [0.717, 1.165) is 83.3 Å². The number of alkyl halides is 3. The number of aliphatic hydroxyl groups is 1. The summed E-state index contributed by atoms with van der Waals surface area (Å²) < 4.78 is 100. The molecule has 1 aromatic heterocycles. The van der Waals surface area contributed by atoms with Gasteiger partial charge in [-0.15, -0.1) is 23.1 Å². The first-order valence-corrected chi connectivity index (χ1v) is 41.6. The molecular weight excluding hydrogens is 1460 g/mol. The van der Waals surface area contributed by atoms with E-state index in [-0.39, 0.29) is 66.1 Å². The van der Waals surface area contributed by atoms with Crippen LogP contribution in [0.2, 0.25) is 5.02 Å². The number of carbonyl (C=O) groups excluding carboxylic acids is 5. The second-order valence-electron chi connectivity index (χ2n) is 30.5. The lowest BCUT2D eigenvalue weighted by Crippen LogP contribution is -2.79. The molecule has 0 radical (unpaired) electrons. The monoisotopic (exact) mass is 1550 g/mol. The predicted octanol–water partition coefficient (Wildman–Crippen LogP) is 12.5. The van der Waals surface area contributed by atoms with Crippen molar-refractivity contribution in [3.63, 3.8) is 0 Å². The van der Waals surface area contributed by atoms with E-state index in [1.54, 1.807) is 29.0 Å². The van der Waals surface area contributed by atoms with Gasteiger partial charge in [0.05, 0.1) is 44.9 Å². The zero-order chi connectivity index (χ0) is 76.0. The van der Waals surface area contributed by atoms with Gasteiger partial charge in [0.25, 0.3) is 25.8 Å². The summed E-state index contributed by atoms with van der Waals surface area (Å²) in [4.78, 5) is 82.7. The number of thiazole rings is 1. The zero-order valence-corrected chi connectivity index (χ0v) is 65.0. The van der Waals surface area contributed by atoms with E-state index in [0.29, 0.717) is 82.3 Å². The molecule has 570 valence electrons. The largest absolute Gasteiger partial charge is 0.501 e. The Hall–Kier alpha value is -7.37. The van der Waals surface area contributed by atoms with Gasteiger partial charge in [0.15, 0.2) is 0 Å². The number of nitrogens with one attached hydrogen (secondary N) is 4. The Bertz CT molecular complexity index is 4400. The fourth-order valence-corrected chi connectivity index (χ4v) is 18.8. The van der Waals surface area contributed by atoms with Crippen LogP contribution in [-0.4, -0.2) is 183 Å². The molecule has 5 amide bonds. The highest BCUT2D eigenvalue weighted by molar-refractivity contribution is 7.99. The number of fused-ring (bicyclic) bond motifs is 1. The van der Waals surface area contributed by atoms with Crippen molar-refractivity contribution in [1.82, 2.24) is 39.9 Å². The highest BCUT2D eigenvalue weighted by Crippen LogP contribution is 2.44. The summed E-state index contributed by atoms with van der Waals surface area (Å²) >= 11 is 9.18. The number of thioether (sulfide) groups is 1. The number of sulfone groups is 1. The van der Waals surface area contributed by atoms with E-state index in [4.69, 9.17) is 11.6 Å². The number of benzene rings is 5. The number of aliphatic hydroxyl groups excluding tert-OH is 1. The standard InChI is InChI=1S/C78H96ClF3N10O10S4/c1-50(52-19-21-54(22-20-52)71-51(2)83-49-104-71)84-74(97)65-41-60(93)45-92(65)75(98)72(76(3,4)5)86-69(94)17-13-8-9-14-18-70(95)91-47-66-67(91)46-90(66)36-34-58(48-103-61-15-11-10-12-16-61)85-64-32-31-62(42-68(64)105(99,100)78(80,81)82)106(101,102)87-73(96)55-25-29-59(30-26-55)89-39-37-88(38-40-89)44-56-43-77(6,7)35-33-63(56)53-23-27-57(79)28-24-53/h10-12,15-16,19-32,42,49-50,58,60,65-67,72,85,93H,8-9,13-14,17-18,33-41,43-48H2,1-7H3,(H,84,97)(H,86,94)(H,87,96)/t50-,58+,60+,65-,66+,67?,72+/m0/s1. The Morgan fingerprint density at radius 1 is 0.792 bits per heavy atom. The van der Waals surface area contributed by atoms with E-state index in [1.807, 2.05) is 111 Å². The number of aryl methyl sites for hydroxylation is 1. The fourth-order valence-electron chi connectivity index (χ4n) is 14.8. The molecule has 0 saturated carbocycles. The predicted molar refractivity (Wildman–Crippen MR) is 410 cm³/mol. The number of sulfonamides is 1. The molecule has 4 aliphatic heterocycles. The average molecular weight is 1550 g/mol. The summed E-state index contributed by atoms with van der Waals surface area (Å²) in [6, 6.07) is 31.0. The molecule has 6 aromatic rings. The molecule has 4 saturated heterocycles. The Balaban J connectivity index is 0.635. The molecule has 1 unspecified atom stereocenters. The normalized spacial score (nSPS) is 20.2. The maximum Gasteiger partial charge on any atom is 0.501 e. The van der Waals surface area contributed by atoms with Gasteiger partial charge in [0, 0.05) is 117 Å². The van der Waals surface area contributed by atoms with E-state index in [9.17, 15) is 59.1 Å². The van der Waals surface area contributed by atoms with Crippen molar-refractivity contribution in [2.75, 3.05) is 74.9 Å². The highest BCUT2D eigenvalue weighted by Gasteiger charge is 2.53. The highest BCUT2D eigenvalue weighted by atomic mass is 35.5. The van der Waals surface area contributed by atoms with Gasteiger partial charge < -0.3 is 35.8 Å². The maximum absolute atomic E-state index is 14.6. The van der Waals surface area contributed by atoms with Gasteiger partial charge in [-0.3, -0.25) is 33.8 Å². The minimum atomic E-state index is -6.18. The molecular formula is C78H96ClF3N10O10S4. The van der Waals surface area contributed by atoms with Crippen LogP contribution in [0.15, 0.2) is 147 Å². The van der Waals surface area contributed by atoms with Gasteiger partial charge in [-0.25, -0.2) is 26.5 Å². The van der Waals surface area contributed by atoms with Crippen LogP contribution in [0.1, 0.15) is 145 Å². The van der Waals surface area contributed by atoms with Crippen LogP contribution in [0, 0.1) is 17.8 Å². The number of nitrogens with zero attached hydrogens (tertiary/aromatic N) is 6. The average Bonchev–Trinajstić information content (AvgIpc) is 0.856. The Morgan fingerprint density at radius 2 is 1.47 bits per heavy atom. The molecule has 5 N–H and O–H groups in total. The number of hydrogen-bond donors (Lipinski definition) is 5. The van der Waals surface area contributed by atoms with Crippen LogP contribution in [-0.2, 0) is 39.0 Å². The number of allylic oxidation sites excluding steroid dienone is 1. The number of piperazine rings is 2. The summed E-state index contributed by atoms with van der Waals surface area (Å²) in [5.41, 5.74) is 2.58. The van der Waals surface area contributed by atoms with Gasteiger partial charge in [-0.05, 0) is 152 Å². The van der Waals surface area contributed by atoms with E-state index in [2.05, 4.69) is 61.6 Å². The van der Waals surface area contributed by atoms with Crippen LogP contribution in [0.5, 0.6) is 0 Å². The Morgan fingerprint density at radius 3 is 2.11 bits per heavy atom. The molecule has 5 aliphatic rings. The smallest absolute Gasteiger partial charge is 0.391 e. The molecule has 7 atom stereocenters. The number of carbonyl (C=O) groups is 5. The molecule has 11 rings (SSSR count). The van der Waals surface area contributed by atoms with E-state index >= 15 is 0 Å². The lowest BCUT2D eigenvalue weighted by molar-refractivity contribution is -0.165. The van der Waals surface area contributed by atoms with Gasteiger partial charge >= 0.3 is 5.51 Å². The van der Waals surface area contributed by atoms with Gasteiger partial charge in [-0.2, -0.15) is 13.2 Å². The van der Waals surface area contributed by atoms with Crippen LogP contribution < -0.4 is 25.6 Å². The first kappa shape index (κ1) is 79.7. The molecule has 5 heterocycles. The lowest BCUT2D eigenvalue weighted by atomic mass is 9.73. The maximum atomic E-state index is 14.6. The van der Waals surface area contributed by atoms with Crippen molar-refractivity contribution in [3.8, 4) is 10.4 Å². The van der Waals surface area contributed by atoms with Crippen molar-refractivity contribution >= 4 is 101 Å². The quantitative estimate of drug-likeness (QED) is 0.0216. The first-order valence-electron chi connectivity index (χ1n) is 36.4. The number of aromatic nitrogens is 1. The van der Waals surface area contributed by atoms with Crippen LogP contribution in [0.4, 0.5) is 24.5 Å². The second-order valence-corrected chi connectivity index (χ2v) is 36.5. The Labute approximate surface area is 633 Å². The van der Waals surface area contributed by atoms with Gasteiger partial charge in [0.1, 0.15) is 17.0 Å². The first-order chi connectivity index (χ1) is 50.2. The van der Waals surface area contributed by atoms with Crippen LogP contribution in [0.3, 0.4) is 0 Å². The summed E-state index contributed by atoms with van der Waals surface area (Å²) in [7, 11) is -11.1. The van der Waals surface area contributed by atoms with Crippen molar-refractivity contribution < 1.29 is 59.1 Å². The minimum Gasteiger partial charge on any atom is -0.391 e. The number of unbranched alkanes of at least 4 members (excludes halogenated alkanes) is 3. The second kappa shape index (κ2) is 33.6. The van der Waals surface area contributed by atoms with E-state index in [1.165, 1.54) is 45.5 Å². The number of anilines is 2. The van der Waals surface area contributed by atoms with Crippen molar-refractivity contribution in [1.29, 1.82) is 0 Å². The lowest BCUT2D eigenvalue weighted by Gasteiger charge is -2.62. The molecule has 106 heavy (non-hydrogen) atoms. The van der Waals surface area contributed by atoms with Gasteiger partial charge in [0.2, 0.25) is 23.6 Å².